The number of halogens is 3. The van der Waals surface area contributed by atoms with Crippen LogP contribution in [0.3, 0.4) is 0 Å². The Kier molecular flexibility index (Phi) is 6.37. The smallest absolute Gasteiger partial charge is 0.275 e. The summed E-state index contributed by atoms with van der Waals surface area (Å²) >= 11 is 11.8. The summed E-state index contributed by atoms with van der Waals surface area (Å²) in [5, 5.41) is 2.63. The summed E-state index contributed by atoms with van der Waals surface area (Å²) in [6.45, 7) is 0.308. The molecule has 0 fully saturated rings. The van der Waals surface area contributed by atoms with Crippen LogP contribution < -0.4 is 15.8 Å². The summed E-state index contributed by atoms with van der Waals surface area (Å²) in [4.78, 5) is 0. The molecule has 11 heteroatoms. The second-order valence-corrected chi connectivity index (χ2v) is 9.74. The Labute approximate surface area is 180 Å². The zero-order valence-corrected chi connectivity index (χ0v) is 17.8. The number of sulfonamides is 1. The monoisotopic (exact) mass is 473 g/mol. The zero-order chi connectivity index (χ0) is 21.2. The number of thiophene rings is 1. The first kappa shape index (κ1) is 21.4. The van der Waals surface area contributed by atoms with E-state index in [0.29, 0.717) is 17.9 Å². The number of nitrogens with two attached hydrogens (primary N) is 1. The van der Waals surface area contributed by atoms with E-state index in [2.05, 4.69) is 10.0 Å². The van der Waals surface area contributed by atoms with Gasteiger partial charge in [-0.2, -0.15) is 0 Å². The van der Waals surface area contributed by atoms with Gasteiger partial charge in [0.1, 0.15) is 4.34 Å². The van der Waals surface area contributed by atoms with Crippen molar-refractivity contribution in [2.24, 2.45) is 0 Å². The van der Waals surface area contributed by atoms with E-state index in [1.807, 2.05) is 30.3 Å². The Morgan fingerprint density at radius 1 is 1.14 bits per heavy atom. The molecule has 3 aromatic rings. The summed E-state index contributed by atoms with van der Waals surface area (Å²) in [7, 11) is -4.19. The average molecular weight is 474 g/mol. The summed E-state index contributed by atoms with van der Waals surface area (Å²) in [6.07, 6.45) is 0. The molecule has 0 aliphatic heterocycles. The van der Waals surface area contributed by atoms with Crippen molar-refractivity contribution < 1.29 is 17.2 Å². The Bertz CT molecular complexity index is 1170. The third-order valence-electron chi connectivity index (χ3n) is 3.86. The molecule has 0 saturated heterocycles. The molecule has 0 radical (unpaired) electrons. The number of nitrogen functional groups attached to an aromatic ring is 1. The first-order chi connectivity index (χ1) is 13.7. The van der Waals surface area contributed by atoms with Gasteiger partial charge in [-0.25, -0.2) is 17.2 Å². The molecule has 1 heterocycles. The number of hydrogen-bond acceptors (Lipinski definition) is 5. The van der Waals surface area contributed by atoms with Gasteiger partial charge in [0.05, 0.1) is 5.69 Å². The van der Waals surface area contributed by atoms with Crippen molar-refractivity contribution in [1.29, 1.82) is 0 Å². The third kappa shape index (κ3) is 4.67. The molecular weight excluding hydrogens is 460 g/mol. The molecule has 0 unspecified atom stereocenters. The van der Waals surface area contributed by atoms with Gasteiger partial charge in [-0.05, 0) is 23.8 Å². The molecule has 0 bridgehead atoms. The fourth-order valence-electron chi connectivity index (χ4n) is 2.53. The quantitative estimate of drug-likeness (QED) is 0.482. The van der Waals surface area contributed by atoms with Gasteiger partial charge in [-0.15, -0.1) is 11.3 Å². The Morgan fingerprint density at radius 2 is 1.83 bits per heavy atom. The first-order valence-corrected chi connectivity index (χ1v) is 11.2. The van der Waals surface area contributed by atoms with Gasteiger partial charge in [0.15, 0.2) is 21.0 Å². The van der Waals surface area contributed by atoms with Crippen LogP contribution in [0.1, 0.15) is 5.56 Å². The molecule has 2 aromatic carbocycles. The lowest BCUT2D eigenvalue weighted by Gasteiger charge is -2.11. The van der Waals surface area contributed by atoms with Gasteiger partial charge in [0.25, 0.3) is 10.0 Å². The Balaban J connectivity index is 1.84. The maximum atomic E-state index is 14.1. The van der Waals surface area contributed by atoms with Crippen LogP contribution in [0.15, 0.2) is 52.7 Å². The Hall–Kier alpha value is -2.27. The van der Waals surface area contributed by atoms with E-state index in [1.165, 1.54) is 12.1 Å². The highest BCUT2D eigenvalue weighted by Crippen LogP contribution is 2.45. The highest BCUT2D eigenvalue weighted by molar-refractivity contribution is 7.93. The van der Waals surface area contributed by atoms with Gasteiger partial charge in [-0.1, -0.05) is 54.1 Å². The second-order valence-electron chi connectivity index (χ2n) is 5.83. The largest absolute Gasteiger partial charge is 0.396 e. The van der Waals surface area contributed by atoms with Gasteiger partial charge in [0.2, 0.25) is 0 Å². The van der Waals surface area contributed by atoms with Crippen molar-refractivity contribution >= 4 is 56.0 Å². The van der Waals surface area contributed by atoms with E-state index in [1.54, 1.807) is 0 Å². The lowest BCUT2D eigenvalue weighted by atomic mass is 10.1. The molecule has 4 N–H and O–H groups in total. The predicted octanol–water partition coefficient (Wildman–Crippen LogP) is 4.28. The fourth-order valence-corrected chi connectivity index (χ4v) is 5.81. The topological polar surface area (TPSA) is 84.2 Å². The van der Waals surface area contributed by atoms with Gasteiger partial charge < -0.3 is 11.1 Å². The van der Waals surface area contributed by atoms with Crippen LogP contribution in [0, 0.1) is 11.6 Å². The van der Waals surface area contributed by atoms with Crippen LogP contribution in [0.5, 0.6) is 0 Å². The molecule has 5 nitrogen and oxygen atoms in total. The Morgan fingerprint density at radius 3 is 2.52 bits per heavy atom. The van der Waals surface area contributed by atoms with E-state index in [-0.39, 0.29) is 30.5 Å². The number of rotatable bonds is 5. The number of benzene rings is 2. The summed E-state index contributed by atoms with van der Waals surface area (Å²) in [6, 6.07) is 12.7. The minimum absolute atomic E-state index is 0.0859. The van der Waals surface area contributed by atoms with E-state index in [9.17, 15) is 17.2 Å². The number of hydrogen-bond donors (Lipinski definition) is 3. The minimum Gasteiger partial charge on any atom is -0.396 e. The molecule has 0 spiro atoms. The number of nitrogens with one attached hydrogen (secondary N) is 2. The zero-order valence-electron chi connectivity index (χ0n) is 14.6. The minimum atomic E-state index is -4.19. The lowest BCUT2D eigenvalue weighted by molar-refractivity contribution is 0.511. The van der Waals surface area contributed by atoms with Crippen molar-refractivity contribution in [3.63, 3.8) is 0 Å². The van der Waals surface area contributed by atoms with Crippen molar-refractivity contribution in [2.45, 2.75) is 10.8 Å². The molecule has 3 rings (SSSR count). The fraction of sp³-hybridized carbons (Fsp3) is 0.0556. The van der Waals surface area contributed by atoms with E-state index in [4.69, 9.17) is 29.6 Å². The molecule has 0 aliphatic carbocycles. The first-order valence-electron chi connectivity index (χ1n) is 8.07. The highest BCUT2D eigenvalue weighted by Gasteiger charge is 2.28. The molecule has 0 saturated carbocycles. The van der Waals surface area contributed by atoms with Crippen LogP contribution in [0.4, 0.5) is 14.5 Å². The molecule has 152 valence electrons. The molecule has 0 aliphatic rings. The molecule has 29 heavy (non-hydrogen) atoms. The van der Waals surface area contributed by atoms with Crippen LogP contribution in [0.25, 0.3) is 11.1 Å². The van der Waals surface area contributed by atoms with Crippen LogP contribution in [-0.4, -0.2) is 13.5 Å². The van der Waals surface area contributed by atoms with Crippen LogP contribution in [-0.2, 0) is 16.6 Å². The van der Waals surface area contributed by atoms with Crippen molar-refractivity contribution in [2.75, 3.05) is 5.73 Å². The highest BCUT2D eigenvalue weighted by atomic mass is 35.5. The van der Waals surface area contributed by atoms with Crippen molar-refractivity contribution in [1.82, 2.24) is 10.0 Å². The van der Waals surface area contributed by atoms with Crippen LogP contribution in [0.2, 0.25) is 4.34 Å². The number of anilines is 1. The summed E-state index contributed by atoms with van der Waals surface area (Å²) < 4.78 is 54.8. The van der Waals surface area contributed by atoms with Crippen molar-refractivity contribution in [3.8, 4) is 11.1 Å². The normalized spacial score (nSPS) is 11.3. The molecule has 0 atom stereocenters. The average Bonchev–Trinajstić information content (AvgIpc) is 2.98. The van der Waals surface area contributed by atoms with E-state index >= 15 is 0 Å². The van der Waals surface area contributed by atoms with E-state index in [0.717, 1.165) is 11.6 Å². The summed E-state index contributed by atoms with van der Waals surface area (Å²) in [5.41, 5.74) is 6.23. The third-order valence-corrected chi connectivity index (χ3v) is 7.53. The predicted molar refractivity (Wildman–Crippen MR) is 115 cm³/mol. The maximum Gasteiger partial charge on any atom is 0.275 e. The SMILES string of the molecule is Nc1c(S(=O)(=O)NC(=S)NCc2ccccc2)sc(Cl)c1-c1cccc(F)c1F. The maximum absolute atomic E-state index is 14.1. The van der Waals surface area contributed by atoms with Crippen LogP contribution >= 0.6 is 35.2 Å². The molecular formula is C18H14ClF2N3O2S3. The molecule has 0 amide bonds. The lowest BCUT2D eigenvalue weighted by Crippen LogP contribution is -2.38. The number of thiocarbonyl (C=S) groups is 1. The van der Waals surface area contributed by atoms with Gasteiger partial charge in [-0.3, -0.25) is 4.72 Å². The standard InChI is InChI=1S/C18H14ClF2N3O2S3/c19-16-13(11-7-4-8-12(20)14(11)21)15(22)17(28-16)29(25,26)24-18(27)23-9-10-5-2-1-3-6-10/h1-8H,9,22H2,(H2,23,24,27). The van der Waals surface area contributed by atoms with Crippen molar-refractivity contribution in [3.05, 3.63) is 70.1 Å². The van der Waals surface area contributed by atoms with Gasteiger partial charge >= 0.3 is 0 Å². The second kappa shape index (κ2) is 8.62. The molecule has 1 aromatic heterocycles. The van der Waals surface area contributed by atoms with Gasteiger partial charge in [0, 0.05) is 17.7 Å². The summed E-state index contributed by atoms with van der Waals surface area (Å²) in [5.74, 6) is -2.27. The van der Waals surface area contributed by atoms with E-state index < -0.39 is 21.7 Å².